The Morgan fingerprint density at radius 1 is 1.21 bits per heavy atom. The zero-order valence-electron chi connectivity index (χ0n) is 15.6. The first-order valence-electron chi connectivity index (χ1n) is 9.42. The van der Waals surface area contributed by atoms with Gasteiger partial charge in [-0.15, -0.1) is 0 Å². The molecule has 152 valence electrons. The quantitative estimate of drug-likeness (QED) is 0.725. The number of rotatable bonds is 4. The first-order chi connectivity index (χ1) is 13.9. The second kappa shape index (κ2) is 7.51. The lowest BCUT2D eigenvalue weighted by molar-refractivity contribution is -0.137. The number of aliphatic hydroxyl groups is 1. The number of halogens is 3. The van der Waals surface area contributed by atoms with Gasteiger partial charge in [0.1, 0.15) is 0 Å². The lowest BCUT2D eigenvalue weighted by atomic mass is 10.0. The average Bonchev–Trinajstić information content (AvgIpc) is 3.31. The van der Waals surface area contributed by atoms with E-state index in [2.05, 4.69) is 5.10 Å². The van der Waals surface area contributed by atoms with Crippen molar-refractivity contribution in [3.63, 3.8) is 0 Å². The fraction of sp³-hybridized carbons (Fsp3) is 0.333. The van der Waals surface area contributed by atoms with E-state index in [0.717, 1.165) is 25.0 Å². The third kappa shape index (κ3) is 3.72. The molecule has 1 fully saturated rings. The van der Waals surface area contributed by atoms with E-state index in [1.165, 1.54) is 6.07 Å². The van der Waals surface area contributed by atoms with Gasteiger partial charge in [0, 0.05) is 18.3 Å². The van der Waals surface area contributed by atoms with Crippen LogP contribution in [-0.4, -0.2) is 44.7 Å². The number of carbonyl (C=O) groups is 1. The van der Waals surface area contributed by atoms with Gasteiger partial charge >= 0.3 is 6.18 Å². The molecule has 1 atom stereocenters. The molecule has 0 aliphatic carbocycles. The van der Waals surface area contributed by atoms with E-state index in [1.54, 1.807) is 39.9 Å². The van der Waals surface area contributed by atoms with Crippen LogP contribution in [0.25, 0.3) is 16.8 Å². The SMILES string of the molecule is O=C(Cc1cc2cccnn2c1-c1cccc(C(F)(F)F)c1)N1CCC[C@@H]1CO. The Hall–Kier alpha value is -2.87. The number of alkyl halides is 3. The molecule has 2 aromatic heterocycles. The van der Waals surface area contributed by atoms with Crippen LogP contribution in [0.2, 0.25) is 0 Å². The minimum absolute atomic E-state index is 0.0332. The summed E-state index contributed by atoms with van der Waals surface area (Å²) >= 11 is 0. The van der Waals surface area contributed by atoms with Crippen molar-refractivity contribution in [3.8, 4) is 11.3 Å². The fourth-order valence-electron chi connectivity index (χ4n) is 3.97. The topological polar surface area (TPSA) is 57.8 Å². The van der Waals surface area contributed by atoms with Gasteiger partial charge in [-0.3, -0.25) is 4.79 Å². The highest BCUT2D eigenvalue weighted by molar-refractivity contribution is 5.84. The summed E-state index contributed by atoms with van der Waals surface area (Å²) in [4.78, 5) is 14.5. The Morgan fingerprint density at radius 3 is 2.79 bits per heavy atom. The van der Waals surface area contributed by atoms with Crippen LogP contribution in [0.15, 0.2) is 48.7 Å². The second-order valence-corrected chi connectivity index (χ2v) is 7.20. The number of aliphatic hydroxyl groups excluding tert-OH is 1. The molecule has 4 rings (SSSR count). The van der Waals surface area contributed by atoms with E-state index in [0.29, 0.717) is 28.9 Å². The van der Waals surface area contributed by atoms with Crippen molar-refractivity contribution in [1.82, 2.24) is 14.5 Å². The number of hydrogen-bond acceptors (Lipinski definition) is 3. The predicted molar refractivity (Wildman–Crippen MR) is 101 cm³/mol. The number of benzene rings is 1. The second-order valence-electron chi connectivity index (χ2n) is 7.20. The smallest absolute Gasteiger partial charge is 0.394 e. The zero-order chi connectivity index (χ0) is 20.6. The summed E-state index contributed by atoms with van der Waals surface area (Å²) in [5, 5.41) is 13.8. The molecule has 1 aromatic carbocycles. The van der Waals surface area contributed by atoms with Crippen molar-refractivity contribution < 1.29 is 23.1 Å². The van der Waals surface area contributed by atoms with E-state index in [9.17, 15) is 23.1 Å². The molecule has 1 saturated heterocycles. The van der Waals surface area contributed by atoms with Crippen molar-refractivity contribution in [2.24, 2.45) is 0 Å². The number of carbonyl (C=O) groups excluding carboxylic acids is 1. The molecule has 1 amide bonds. The third-order valence-corrected chi connectivity index (χ3v) is 5.33. The predicted octanol–water partition coefficient (Wildman–Crippen LogP) is 3.55. The average molecular weight is 403 g/mol. The summed E-state index contributed by atoms with van der Waals surface area (Å²) in [6, 6.07) is 10.2. The summed E-state index contributed by atoms with van der Waals surface area (Å²) < 4.78 is 41.2. The highest BCUT2D eigenvalue weighted by Crippen LogP contribution is 2.34. The number of amides is 1. The molecule has 1 aliphatic heterocycles. The van der Waals surface area contributed by atoms with Crippen LogP contribution in [0.1, 0.15) is 24.0 Å². The molecule has 0 saturated carbocycles. The zero-order valence-corrected chi connectivity index (χ0v) is 15.6. The maximum Gasteiger partial charge on any atom is 0.416 e. The van der Waals surface area contributed by atoms with Gasteiger partial charge in [-0.25, -0.2) is 4.52 Å². The maximum absolute atomic E-state index is 13.2. The van der Waals surface area contributed by atoms with E-state index >= 15 is 0 Å². The Labute approximate surface area is 165 Å². The number of aromatic nitrogens is 2. The minimum Gasteiger partial charge on any atom is -0.394 e. The standard InChI is InChI=1S/C21H20F3N3O2/c22-21(23,24)16-5-1-4-14(10-16)20-15(11-17-6-2-8-25-27(17)20)12-19(29)26-9-3-7-18(26)13-28/h1-2,4-6,8,10-11,18,28H,3,7,9,12-13H2/t18-/m1/s1. The van der Waals surface area contributed by atoms with Crippen molar-refractivity contribution in [3.05, 3.63) is 59.8 Å². The summed E-state index contributed by atoms with van der Waals surface area (Å²) in [5.41, 5.74) is 1.37. The van der Waals surface area contributed by atoms with E-state index in [1.807, 2.05) is 0 Å². The molecule has 0 spiro atoms. The molecule has 5 nitrogen and oxygen atoms in total. The van der Waals surface area contributed by atoms with Crippen LogP contribution in [-0.2, 0) is 17.4 Å². The summed E-state index contributed by atoms with van der Waals surface area (Å²) in [6.07, 6.45) is -1.29. The summed E-state index contributed by atoms with van der Waals surface area (Å²) in [5.74, 6) is -0.148. The third-order valence-electron chi connectivity index (χ3n) is 5.33. The molecule has 0 unspecified atom stereocenters. The van der Waals surface area contributed by atoms with Crippen molar-refractivity contribution in [2.75, 3.05) is 13.2 Å². The van der Waals surface area contributed by atoms with Crippen molar-refractivity contribution in [2.45, 2.75) is 31.5 Å². The van der Waals surface area contributed by atoms with Crippen LogP contribution < -0.4 is 0 Å². The molecule has 1 aliphatic rings. The van der Waals surface area contributed by atoms with Crippen LogP contribution >= 0.6 is 0 Å². The lowest BCUT2D eigenvalue weighted by Gasteiger charge is -2.23. The maximum atomic E-state index is 13.2. The van der Waals surface area contributed by atoms with Gasteiger partial charge in [-0.2, -0.15) is 18.3 Å². The van der Waals surface area contributed by atoms with E-state index in [4.69, 9.17) is 0 Å². The fourth-order valence-corrected chi connectivity index (χ4v) is 3.97. The van der Waals surface area contributed by atoms with Crippen LogP contribution in [0, 0.1) is 0 Å². The summed E-state index contributed by atoms with van der Waals surface area (Å²) in [7, 11) is 0. The minimum atomic E-state index is -4.46. The van der Waals surface area contributed by atoms with E-state index in [-0.39, 0.29) is 25.0 Å². The van der Waals surface area contributed by atoms with Gasteiger partial charge in [0.15, 0.2) is 0 Å². The lowest BCUT2D eigenvalue weighted by Crippen LogP contribution is -2.38. The Bertz CT molecular complexity index is 1050. The number of nitrogens with zero attached hydrogens (tertiary/aromatic N) is 3. The molecule has 3 aromatic rings. The largest absolute Gasteiger partial charge is 0.416 e. The first kappa shape index (κ1) is 19.4. The first-order valence-corrected chi connectivity index (χ1v) is 9.42. The molecular formula is C21H20F3N3O2. The molecule has 29 heavy (non-hydrogen) atoms. The van der Waals surface area contributed by atoms with Gasteiger partial charge in [0.2, 0.25) is 5.91 Å². The van der Waals surface area contributed by atoms with Gasteiger partial charge in [-0.05, 0) is 48.7 Å². The van der Waals surface area contributed by atoms with Crippen LogP contribution in [0.3, 0.4) is 0 Å². The van der Waals surface area contributed by atoms with Crippen LogP contribution in [0.4, 0.5) is 13.2 Å². The Kier molecular flexibility index (Phi) is 5.04. The Morgan fingerprint density at radius 2 is 2.03 bits per heavy atom. The summed E-state index contributed by atoms with van der Waals surface area (Å²) in [6.45, 7) is 0.486. The van der Waals surface area contributed by atoms with Gasteiger partial charge in [0.05, 0.1) is 35.8 Å². The van der Waals surface area contributed by atoms with Gasteiger partial charge in [0.25, 0.3) is 0 Å². The van der Waals surface area contributed by atoms with Crippen molar-refractivity contribution >= 4 is 11.4 Å². The van der Waals surface area contributed by atoms with E-state index < -0.39 is 11.7 Å². The molecule has 0 radical (unpaired) electrons. The molecule has 1 N–H and O–H groups in total. The van der Waals surface area contributed by atoms with Crippen LogP contribution in [0.5, 0.6) is 0 Å². The van der Waals surface area contributed by atoms with Crippen molar-refractivity contribution in [1.29, 1.82) is 0 Å². The molecule has 0 bridgehead atoms. The number of hydrogen-bond donors (Lipinski definition) is 1. The monoisotopic (exact) mass is 403 g/mol. The molecule has 3 heterocycles. The number of likely N-dealkylation sites (tertiary alicyclic amines) is 1. The normalized spacial score (nSPS) is 17.2. The molecule has 8 heteroatoms. The Balaban J connectivity index is 1.77. The highest BCUT2D eigenvalue weighted by Gasteiger charge is 2.32. The van der Waals surface area contributed by atoms with Gasteiger partial charge in [-0.1, -0.05) is 12.1 Å². The highest BCUT2D eigenvalue weighted by atomic mass is 19.4. The number of fused-ring (bicyclic) bond motifs is 1. The van der Waals surface area contributed by atoms with Gasteiger partial charge < -0.3 is 10.0 Å². The molecular weight excluding hydrogens is 383 g/mol.